The van der Waals surface area contributed by atoms with Crippen LogP contribution in [0.15, 0.2) is 24.3 Å². The number of amides is 1. The van der Waals surface area contributed by atoms with E-state index >= 15 is 0 Å². The molecular weight excluding hydrogens is 400 g/mol. The van der Waals surface area contributed by atoms with E-state index in [9.17, 15) is 18.0 Å². The zero-order chi connectivity index (χ0) is 19.7. The lowest BCUT2D eigenvalue weighted by Crippen LogP contribution is -2.59. The summed E-state index contributed by atoms with van der Waals surface area (Å²) >= 11 is 0. The summed E-state index contributed by atoms with van der Waals surface area (Å²) in [5, 5.41) is 3.13. The summed E-state index contributed by atoms with van der Waals surface area (Å²) in [4.78, 5) is 27.5. The minimum Gasteiger partial charge on any atom is -0.341 e. The van der Waals surface area contributed by atoms with Gasteiger partial charge in [-0.05, 0) is 45.7 Å². The highest BCUT2D eigenvalue weighted by atomic mass is 35.5. The molecule has 1 amide bonds. The number of Topliss-reactive ketones (excluding diaryl/α,β-unsaturated/α-hetero) is 1. The number of sulfone groups is 1. The number of aryl methyl sites for hydroxylation is 1. The van der Waals surface area contributed by atoms with Crippen LogP contribution in [0.1, 0.15) is 41.6 Å². The first-order valence-electron chi connectivity index (χ1n) is 9.55. The summed E-state index contributed by atoms with van der Waals surface area (Å²) in [7, 11) is -3.51. The number of carbonyl (C=O) groups is 2. The van der Waals surface area contributed by atoms with Crippen LogP contribution in [0.4, 0.5) is 0 Å². The van der Waals surface area contributed by atoms with Crippen molar-refractivity contribution in [2.45, 2.75) is 37.4 Å². The van der Waals surface area contributed by atoms with Crippen LogP contribution in [0, 0.1) is 12.8 Å². The van der Waals surface area contributed by atoms with Gasteiger partial charge < -0.3 is 10.2 Å². The molecule has 1 aromatic carbocycles. The molecule has 6 nitrogen and oxygen atoms in total. The first-order valence-corrected chi connectivity index (χ1v) is 11.4. The quantitative estimate of drug-likeness (QED) is 0.741. The van der Waals surface area contributed by atoms with Gasteiger partial charge in [0.2, 0.25) is 5.91 Å². The monoisotopic (exact) mass is 428 g/mol. The van der Waals surface area contributed by atoms with Crippen molar-refractivity contribution in [1.82, 2.24) is 10.2 Å². The van der Waals surface area contributed by atoms with Gasteiger partial charge in [0, 0.05) is 30.8 Å². The summed E-state index contributed by atoms with van der Waals surface area (Å²) in [6.07, 6.45) is 2.96. The zero-order valence-corrected chi connectivity index (χ0v) is 18.1. The van der Waals surface area contributed by atoms with E-state index in [0.29, 0.717) is 57.4 Å². The average Bonchev–Trinajstić information content (AvgIpc) is 2.67. The number of likely N-dealkylation sites (tertiary alicyclic amines) is 1. The summed E-state index contributed by atoms with van der Waals surface area (Å²) in [5.41, 5.74) is 1.82. The highest BCUT2D eigenvalue weighted by Crippen LogP contribution is 2.32. The molecule has 2 aliphatic rings. The van der Waals surface area contributed by atoms with Crippen LogP contribution < -0.4 is 5.32 Å². The number of nitrogens with zero attached hydrogens (tertiary/aromatic N) is 1. The molecule has 0 unspecified atom stereocenters. The fraction of sp³-hybridized carbons (Fsp3) is 0.600. The first-order chi connectivity index (χ1) is 12.7. The zero-order valence-electron chi connectivity index (χ0n) is 16.4. The smallest absolute Gasteiger partial charge is 0.244 e. The lowest BCUT2D eigenvalue weighted by molar-refractivity contribution is -0.136. The second kappa shape index (κ2) is 8.93. The highest BCUT2D eigenvalue weighted by molar-refractivity contribution is 7.92. The topological polar surface area (TPSA) is 83.6 Å². The van der Waals surface area contributed by atoms with Gasteiger partial charge in [-0.2, -0.15) is 0 Å². The largest absolute Gasteiger partial charge is 0.341 e. The van der Waals surface area contributed by atoms with Crippen LogP contribution in [0.25, 0.3) is 0 Å². The molecule has 2 fully saturated rings. The fourth-order valence-electron chi connectivity index (χ4n) is 4.16. The first kappa shape index (κ1) is 22.8. The van der Waals surface area contributed by atoms with Gasteiger partial charge in [-0.3, -0.25) is 9.59 Å². The van der Waals surface area contributed by atoms with E-state index in [1.807, 2.05) is 31.2 Å². The molecular formula is C20H29ClN2O4S. The third-order valence-electron chi connectivity index (χ3n) is 6.00. The van der Waals surface area contributed by atoms with Crippen LogP contribution in [0.5, 0.6) is 0 Å². The molecule has 156 valence electrons. The number of nitrogens with one attached hydrogen (secondary N) is 1. The third kappa shape index (κ3) is 4.42. The minimum absolute atomic E-state index is 0. The third-order valence-corrected chi connectivity index (χ3v) is 8.00. The molecule has 0 radical (unpaired) electrons. The second-order valence-corrected chi connectivity index (χ2v) is 10.1. The van der Waals surface area contributed by atoms with Gasteiger partial charge in [0.15, 0.2) is 20.4 Å². The number of halogens is 1. The van der Waals surface area contributed by atoms with Crippen molar-refractivity contribution in [3.05, 3.63) is 35.4 Å². The molecule has 0 aromatic heterocycles. The van der Waals surface area contributed by atoms with Crippen molar-refractivity contribution in [3.63, 3.8) is 0 Å². The Morgan fingerprint density at radius 2 is 1.61 bits per heavy atom. The van der Waals surface area contributed by atoms with Crippen LogP contribution in [0.2, 0.25) is 0 Å². The van der Waals surface area contributed by atoms with E-state index < -0.39 is 14.6 Å². The standard InChI is InChI=1S/C20H28N2O4S.ClH/c1-15-3-5-16(6-4-15)18(23)17-7-13-22(14-8-17)19(24)20(27(2,25)26)9-11-21-12-10-20;/h3-6,17,21H,7-14H2,1-2H3;1H. The van der Waals surface area contributed by atoms with Gasteiger partial charge in [0.05, 0.1) is 0 Å². The molecule has 2 aliphatic heterocycles. The molecule has 3 rings (SSSR count). The Labute approximate surface area is 173 Å². The molecule has 1 N–H and O–H groups in total. The van der Waals surface area contributed by atoms with Crippen molar-refractivity contribution in [2.75, 3.05) is 32.4 Å². The van der Waals surface area contributed by atoms with Crippen LogP contribution in [-0.2, 0) is 14.6 Å². The maximum atomic E-state index is 13.1. The Morgan fingerprint density at radius 1 is 1.07 bits per heavy atom. The van der Waals surface area contributed by atoms with E-state index in [1.165, 1.54) is 6.26 Å². The summed E-state index contributed by atoms with van der Waals surface area (Å²) < 4.78 is 23.6. The Balaban J connectivity index is 0.00000280. The minimum atomic E-state index is -3.51. The average molecular weight is 429 g/mol. The maximum absolute atomic E-state index is 13.1. The van der Waals surface area contributed by atoms with Gasteiger partial charge >= 0.3 is 0 Å². The van der Waals surface area contributed by atoms with E-state index in [4.69, 9.17) is 0 Å². The maximum Gasteiger partial charge on any atom is 0.244 e. The Bertz CT molecular complexity index is 809. The molecule has 0 atom stereocenters. The number of hydrogen-bond donors (Lipinski definition) is 1. The lowest BCUT2D eigenvalue weighted by Gasteiger charge is -2.40. The van der Waals surface area contributed by atoms with E-state index in [1.54, 1.807) is 4.90 Å². The molecule has 1 aromatic rings. The molecule has 2 heterocycles. The Hall–Kier alpha value is -1.44. The van der Waals surface area contributed by atoms with E-state index in [-0.39, 0.29) is 30.0 Å². The van der Waals surface area contributed by atoms with Crippen molar-refractivity contribution in [2.24, 2.45) is 5.92 Å². The number of carbonyl (C=O) groups excluding carboxylic acids is 2. The molecule has 0 saturated carbocycles. The molecule has 2 saturated heterocycles. The molecule has 0 spiro atoms. The van der Waals surface area contributed by atoms with Gasteiger partial charge in [0.25, 0.3) is 0 Å². The number of rotatable bonds is 4. The molecule has 8 heteroatoms. The second-order valence-electron chi connectivity index (χ2n) is 7.81. The summed E-state index contributed by atoms with van der Waals surface area (Å²) in [6, 6.07) is 7.56. The van der Waals surface area contributed by atoms with Crippen molar-refractivity contribution < 1.29 is 18.0 Å². The van der Waals surface area contributed by atoms with Crippen LogP contribution >= 0.6 is 12.4 Å². The fourth-order valence-corrected chi connectivity index (χ4v) is 5.55. The number of benzene rings is 1. The number of hydrogen-bond acceptors (Lipinski definition) is 5. The normalized spacial score (nSPS) is 20.3. The van der Waals surface area contributed by atoms with Crippen molar-refractivity contribution in [3.8, 4) is 0 Å². The summed E-state index contributed by atoms with van der Waals surface area (Å²) in [5.74, 6) is -0.284. The lowest BCUT2D eigenvalue weighted by atomic mass is 9.87. The highest BCUT2D eigenvalue weighted by Gasteiger charge is 2.50. The van der Waals surface area contributed by atoms with Gasteiger partial charge in [-0.1, -0.05) is 29.8 Å². The van der Waals surface area contributed by atoms with Gasteiger partial charge in [-0.25, -0.2) is 8.42 Å². The SMILES string of the molecule is Cc1ccc(C(=O)C2CCN(C(=O)C3(S(C)(=O)=O)CCNCC3)CC2)cc1.Cl. The molecule has 28 heavy (non-hydrogen) atoms. The Morgan fingerprint density at radius 3 is 2.11 bits per heavy atom. The number of piperidine rings is 2. The van der Waals surface area contributed by atoms with Gasteiger partial charge in [-0.15, -0.1) is 12.4 Å². The molecule has 0 aliphatic carbocycles. The predicted octanol–water partition coefficient (Wildman–Crippen LogP) is 2.00. The van der Waals surface area contributed by atoms with E-state index in [0.717, 1.165) is 5.56 Å². The number of ketones is 1. The van der Waals surface area contributed by atoms with Crippen molar-refractivity contribution in [1.29, 1.82) is 0 Å². The predicted molar refractivity (Wildman–Crippen MR) is 112 cm³/mol. The molecule has 0 bridgehead atoms. The van der Waals surface area contributed by atoms with Gasteiger partial charge in [0.1, 0.15) is 0 Å². The van der Waals surface area contributed by atoms with Crippen LogP contribution in [0.3, 0.4) is 0 Å². The van der Waals surface area contributed by atoms with Crippen LogP contribution in [-0.4, -0.2) is 62.2 Å². The Kier molecular flexibility index (Phi) is 7.28. The summed E-state index contributed by atoms with van der Waals surface area (Å²) in [6.45, 7) is 3.91. The van der Waals surface area contributed by atoms with E-state index in [2.05, 4.69) is 5.32 Å². The van der Waals surface area contributed by atoms with Crippen molar-refractivity contribution >= 4 is 33.9 Å².